The molecule has 1 fully saturated rings. The summed E-state index contributed by atoms with van der Waals surface area (Å²) < 4.78 is 6.14. The van der Waals surface area contributed by atoms with E-state index in [4.69, 9.17) is 4.74 Å². The van der Waals surface area contributed by atoms with Crippen molar-refractivity contribution in [3.63, 3.8) is 0 Å². The molecule has 100 valence electrons. The molecule has 0 spiro atoms. The quantitative estimate of drug-likeness (QED) is 0.704. The molecule has 1 aromatic carbocycles. The average molecular weight is 311 g/mol. The minimum absolute atomic E-state index is 0.173. The first kappa shape index (κ1) is 13.9. The molecule has 0 aromatic heterocycles. The van der Waals surface area contributed by atoms with Gasteiger partial charge in [-0.05, 0) is 29.5 Å². The normalized spacial score (nSPS) is 26.6. The zero-order chi connectivity index (χ0) is 13.6. The van der Waals surface area contributed by atoms with Crippen molar-refractivity contribution in [3.8, 4) is 5.75 Å². The first-order valence-electron chi connectivity index (χ1n) is 6.62. The highest BCUT2D eigenvalue weighted by Gasteiger charge is 2.48. The van der Waals surface area contributed by atoms with E-state index in [2.05, 4.69) is 74.8 Å². The maximum Gasteiger partial charge on any atom is 0.120 e. The highest BCUT2D eigenvalue weighted by atomic mass is 79.9. The number of hydrogen-bond donors (Lipinski definition) is 0. The van der Waals surface area contributed by atoms with Gasteiger partial charge in [-0.1, -0.05) is 62.7 Å². The molecule has 2 rings (SSSR count). The Morgan fingerprint density at radius 2 is 1.94 bits per heavy atom. The molecule has 0 N–H and O–H groups in total. The summed E-state index contributed by atoms with van der Waals surface area (Å²) in [6.45, 7) is 11.2. The predicted octanol–water partition coefficient (Wildman–Crippen LogP) is 4.92. The van der Waals surface area contributed by atoms with Gasteiger partial charge in [-0.2, -0.15) is 0 Å². The van der Waals surface area contributed by atoms with Gasteiger partial charge in [-0.25, -0.2) is 0 Å². The maximum absolute atomic E-state index is 6.14. The minimum atomic E-state index is 0.173. The van der Waals surface area contributed by atoms with Gasteiger partial charge >= 0.3 is 0 Å². The van der Waals surface area contributed by atoms with Crippen molar-refractivity contribution in [1.29, 1.82) is 0 Å². The lowest BCUT2D eigenvalue weighted by Gasteiger charge is -2.48. The summed E-state index contributed by atoms with van der Waals surface area (Å²) in [4.78, 5) is 0.570. The van der Waals surface area contributed by atoms with Gasteiger partial charge in [0, 0.05) is 10.2 Å². The summed E-state index contributed by atoms with van der Waals surface area (Å²) in [7, 11) is 0. The van der Waals surface area contributed by atoms with Crippen LogP contribution in [0.15, 0.2) is 24.3 Å². The fraction of sp³-hybridized carbons (Fsp3) is 0.625. The first-order valence-corrected chi connectivity index (χ1v) is 7.54. The van der Waals surface area contributed by atoms with Crippen LogP contribution in [0, 0.1) is 5.41 Å². The van der Waals surface area contributed by atoms with Crippen LogP contribution in [-0.4, -0.2) is 10.9 Å². The Kier molecular flexibility index (Phi) is 3.52. The molecule has 2 unspecified atom stereocenters. The van der Waals surface area contributed by atoms with Gasteiger partial charge < -0.3 is 4.74 Å². The minimum Gasteiger partial charge on any atom is -0.490 e. The lowest BCUT2D eigenvalue weighted by molar-refractivity contribution is -0.00787. The van der Waals surface area contributed by atoms with Crippen molar-refractivity contribution in [3.05, 3.63) is 29.8 Å². The summed E-state index contributed by atoms with van der Waals surface area (Å²) >= 11 is 3.70. The van der Waals surface area contributed by atoms with Crippen molar-refractivity contribution in [2.45, 2.75) is 57.4 Å². The van der Waals surface area contributed by atoms with E-state index in [0.717, 1.165) is 12.2 Å². The van der Waals surface area contributed by atoms with Crippen molar-refractivity contribution in [2.75, 3.05) is 0 Å². The third-order valence-electron chi connectivity index (χ3n) is 4.04. The summed E-state index contributed by atoms with van der Waals surface area (Å²) in [6.07, 6.45) is 1.41. The molecule has 0 heterocycles. The van der Waals surface area contributed by atoms with Crippen molar-refractivity contribution >= 4 is 15.9 Å². The van der Waals surface area contributed by atoms with Crippen molar-refractivity contribution < 1.29 is 4.74 Å². The zero-order valence-electron chi connectivity index (χ0n) is 12.0. The van der Waals surface area contributed by atoms with E-state index in [9.17, 15) is 0 Å². The zero-order valence-corrected chi connectivity index (χ0v) is 13.5. The van der Waals surface area contributed by atoms with Gasteiger partial charge in [0.1, 0.15) is 11.9 Å². The fourth-order valence-corrected chi connectivity index (χ4v) is 2.87. The van der Waals surface area contributed by atoms with Crippen LogP contribution in [0.4, 0.5) is 0 Å². The Morgan fingerprint density at radius 3 is 2.44 bits per heavy atom. The monoisotopic (exact) mass is 310 g/mol. The number of benzene rings is 1. The molecular formula is C16H23BrO. The topological polar surface area (TPSA) is 9.23 Å². The summed E-state index contributed by atoms with van der Waals surface area (Å²) in [6, 6.07) is 8.50. The van der Waals surface area contributed by atoms with Crippen LogP contribution in [0.5, 0.6) is 5.75 Å². The van der Waals surface area contributed by atoms with Gasteiger partial charge in [-0.3, -0.25) is 0 Å². The average Bonchev–Trinajstić information content (AvgIpc) is 2.28. The van der Waals surface area contributed by atoms with Crippen LogP contribution in [0.3, 0.4) is 0 Å². The van der Waals surface area contributed by atoms with Crippen LogP contribution in [-0.2, 0) is 5.41 Å². The fourth-order valence-electron chi connectivity index (χ4n) is 2.24. The van der Waals surface area contributed by atoms with Gasteiger partial charge in [0.15, 0.2) is 0 Å². The third-order valence-corrected chi connectivity index (χ3v) is 5.59. The summed E-state index contributed by atoms with van der Waals surface area (Å²) in [5, 5.41) is 0. The van der Waals surface area contributed by atoms with E-state index in [1.54, 1.807) is 0 Å². The molecule has 1 nitrogen and oxygen atoms in total. The Labute approximate surface area is 119 Å². The Hall–Kier alpha value is -0.500. The maximum atomic E-state index is 6.14. The van der Waals surface area contributed by atoms with E-state index < -0.39 is 0 Å². The summed E-state index contributed by atoms with van der Waals surface area (Å²) in [5.41, 5.74) is 1.72. The highest BCUT2D eigenvalue weighted by molar-refractivity contribution is 9.09. The summed E-state index contributed by atoms with van der Waals surface area (Å²) in [5.74, 6) is 1.000. The number of rotatable bonds is 2. The molecule has 18 heavy (non-hydrogen) atoms. The third kappa shape index (κ3) is 2.59. The molecule has 1 aliphatic carbocycles. The van der Waals surface area contributed by atoms with Crippen molar-refractivity contribution in [1.82, 2.24) is 0 Å². The largest absolute Gasteiger partial charge is 0.490 e. The van der Waals surface area contributed by atoms with Crippen molar-refractivity contribution in [2.24, 2.45) is 5.41 Å². The number of hydrogen-bond acceptors (Lipinski definition) is 1. The molecule has 1 aromatic rings. The second-order valence-corrected chi connectivity index (χ2v) is 8.01. The number of ether oxygens (including phenoxy) is 1. The van der Waals surface area contributed by atoms with Gasteiger partial charge in [0.25, 0.3) is 0 Å². The molecule has 1 aliphatic rings. The Balaban J connectivity index is 2.12. The Bertz CT molecular complexity index is 431. The SMILES string of the molecule is CC(C)(C)c1cccc(OC2CC(Br)C2(C)C)c1. The smallest absolute Gasteiger partial charge is 0.120 e. The van der Waals surface area contributed by atoms with Crippen LogP contribution in [0.2, 0.25) is 0 Å². The molecule has 2 atom stereocenters. The molecule has 1 saturated carbocycles. The molecular weight excluding hydrogens is 288 g/mol. The van der Waals surface area contributed by atoms with E-state index >= 15 is 0 Å². The molecule has 0 radical (unpaired) electrons. The van der Waals surface area contributed by atoms with Gasteiger partial charge in [0.05, 0.1) is 0 Å². The van der Waals surface area contributed by atoms with Gasteiger partial charge in [-0.15, -0.1) is 0 Å². The predicted molar refractivity (Wildman–Crippen MR) is 80.7 cm³/mol. The van der Waals surface area contributed by atoms with Crippen LogP contribution in [0.1, 0.15) is 46.6 Å². The van der Waals surface area contributed by atoms with Crippen LogP contribution < -0.4 is 4.74 Å². The Morgan fingerprint density at radius 1 is 1.28 bits per heavy atom. The number of halogens is 1. The van der Waals surface area contributed by atoms with Gasteiger partial charge in [0.2, 0.25) is 0 Å². The lowest BCUT2D eigenvalue weighted by atomic mass is 9.69. The van der Waals surface area contributed by atoms with E-state index in [0.29, 0.717) is 10.9 Å². The van der Waals surface area contributed by atoms with E-state index in [1.165, 1.54) is 5.56 Å². The number of alkyl halides is 1. The standard InChI is InChI=1S/C16H23BrO/c1-15(2,3)11-7-6-8-12(9-11)18-14-10-13(17)16(14,4)5/h6-9,13-14H,10H2,1-5H3. The molecule has 0 aliphatic heterocycles. The first-order chi connectivity index (χ1) is 8.21. The molecule has 0 amide bonds. The van der Waals surface area contributed by atoms with E-state index in [-0.39, 0.29) is 10.8 Å². The van der Waals surface area contributed by atoms with Crippen LogP contribution >= 0.6 is 15.9 Å². The lowest BCUT2D eigenvalue weighted by Crippen LogP contribution is -2.53. The molecule has 2 heteroatoms. The van der Waals surface area contributed by atoms with Crippen LogP contribution in [0.25, 0.3) is 0 Å². The second kappa shape index (κ2) is 4.56. The van der Waals surface area contributed by atoms with E-state index in [1.807, 2.05) is 0 Å². The molecule has 0 bridgehead atoms. The molecule has 0 saturated heterocycles. The highest BCUT2D eigenvalue weighted by Crippen LogP contribution is 2.47. The second-order valence-electron chi connectivity index (χ2n) is 6.91.